The molecule has 1 aliphatic heterocycles. The smallest absolute Gasteiger partial charge is 0.191 e. The van der Waals surface area contributed by atoms with Crippen LogP contribution in [0.5, 0.6) is 0 Å². The van der Waals surface area contributed by atoms with Crippen LogP contribution in [0.15, 0.2) is 10.4 Å². The summed E-state index contributed by atoms with van der Waals surface area (Å²) in [6.45, 7) is 12.7. The first kappa shape index (κ1) is 19.2. The lowest BCUT2D eigenvalue weighted by atomic mass is 10.1. The van der Waals surface area contributed by atoms with Gasteiger partial charge in [0.05, 0.1) is 17.2 Å². The topological polar surface area (TPSA) is 52.6 Å². The molecule has 1 saturated heterocycles. The predicted octanol–water partition coefficient (Wildman–Crippen LogP) is 2.85. The van der Waals surface area contributed by atoms with E-state index in [9.17, 15) is 0 Å². The fourth-order valence-electron chi connectivity index (χ4n) is 2.84. The molecule has 0 aromatic carbocycles. The Morgan fingerprint density at radius 1 is 1.29 bits per heavy atom. The van der Waals surface area contributed by atoms with Crippen molar-refractivity contribution in [2.45, 2.75) is 52.4 Å². The number of aromatic nitrogens is 1. The standard InChI is InChI=1S/C18H33N5S/c1-4-19-18(21-10-13-23-11-6-5-7-12-23)20-9-8-16-14-24-17(22-16)15(2)3/h14-15H,4-13H2,1-3H3,(H2,19,20,21). The van der Waals surface area contributed by atoms with Crippen molar-refractivity contribution in [1.29, 1.82) is 0 Å². The lowest BCUT2D eigenvalue weighted by Crippen LogP contribution is -2.39. The van der Waals surface area contributed by atoms with Crippen molar-refractivity contribution in [2.75, 3.05) is 39.3 Å². The normalized spacial score (nSPS) is 16.6. The largest absolute Gasteiger partial charge is 0.357 e. The number of hydrogen-bond donors (Lipinski definition) is 2. The number of piperidine rings is 1. The molecule has 0 atom stereocenters. The average Bonchev–Trinajstić information content (AvgIpc) is 3.05. The molecule has 24 heavy (non-hydrogen) atoms. The number of likely N-dealkylation sites (tertiary alicyclic amines) is 1. The molecule has 2 rings (SSSR count). The van der Waals surface area contributed by atoms with Crippen LogP contribution in [0.3, 0.4) is 0 Å². The number of hydrogen-bond acceptors (Lipinski definition) is 4. The monoisotopic (exact) mass is 351 g/mol. The van der Waals surface area contributed by atoms with E-state index >= 15 is 0 Å². The van der Waals surface area contributed by atoms with Gasteiger partial charge in [0.2, 0.25) is 0 Å². The van der Waals surface area contributed by atoms with Gasteiger partial charge in [0.15, 0.2) is 5.96 Å². The number of aliphatic imine (C=N–C) groups is 1. The van der Waals surface area contributed by atoms with Gasteiger partial charge in [-0.3, -0.25) is 4.99 Å². The Bertz CT molecular complexity index is 491. The van der Waals surface area contributed by atoms with Crippen molar-refractivity contribution in [3.63, 3.8) is 0 Å². The highest BCUT2D eigenvalue weighted by molar-refractivity contribution is 7.09. The highest BCUT2D eigenvalue weighted by Gasteiger charge is 2.09. The van der Waals surface area contributed by atoms with Crippen molar-refractivity contribution < 1.29 is 0 Å². The Balaban J connectivity index is 1.71. The first-order valence-electron chi connectivity index (χ1n) is 9.38. The number of rotatable bonds is 8. The van der Waals surface area contributed by atoms with Crippen LogP contribution in [0.25, 0.3) is 0 Å². The van der Waals surface area contributed by atoms with Gasteiger partial charge >= 0.3 is 0 Å². The second kappa shape index (κ2) is 10.7. The lowest BCUT2D eigenvalue weighted by Gasteiger charge is -2.25. The summed E-state index contributed by atoms with van der Waals surface area (Å²) < 4.78 is 0. The van der Waals surface area contributed by atoms with Gasteiger partial charge in [0.1, 0.15) is 0 Å². The molecule has 1 aliphatic rings. The third-order valence-electron chi connectivity index (χ3n) is 4.22. The summed E-state index contributed by atoms with van der Waals surface area (Å²) in [5.41, 5.74) is 1.18. The van der Waals surface area contributed by atoms with Crippen molar-refractivity contribution in [1.82, 2.24) is 20.5 Å². The van der Waals surface area contributed by atoms with Gasteiger partial charge < -0.3 is 15.5 Å². The molecule has 2 N–H and O–H groups in total. The fraction of sp³-hybridized carbons (Fsp3) is 0.778. The molecule has 0 unspecified atom stereocenters. The quantitative estimate of drug-likeness (QED) is 0.559. The SMILES string of the molecule is CCNC(=NCCN1CCCCC1)NCCc1csc(C(C)C)n1. The minimum atomic E-state index is 0.519. The second-order valence-corrected chi connectivity index (χ2v) is 7.56. The second-order valence-electron chi connectivity index (χ2n) is 6.67. The molecule has 1 aromatic heterocycles. The van der Waals surface area contributed by atoms with E-state index in [4.69, 9.17) is 4.99 Å². The van der Waals surface area contributed by atoms with E-state index in [-0.39, 0.29) is 0 Å². The van der Waals surface area contributed by atoms with E-state index in [0.717, 1.165) is 38.6 Å². The Hall–Kier alpha value is -1.14. The lowest BCUT2D eigenvalue weighted by molar-refractivity contribution is 0.235. The van der Waals surface area contributed by atoms with Crippen LogP contribution >= 0.6 is 11.3 Å². The molecule has 0 amide bonds. The summed E-state index contributed by atoms with van der Waals surface area (Å²) in [4.78, 5) is 11.9. The molecular formula is C18H33N5S. The molecular weight excluding hydrogens is 318 g/mol. The molecule has 0 bridgehead atoms. The van der Waals surface area contributed by atoms with Crippen LogP contribution in [-0.4, -0.2) is 55.1 Å². The van der Waals surface area contributed by atoms with Crippen LogP contribution < -0.4 is 10.6 Å². The van der Waals surface area contributed by atoms with Gasteiger partial charge in [-0.15, -0.1) is 11.3 Å². The third kappa shape index (κ3) is 6.77. The van der Waals surface area contributed by atoms with Gasteiger partial charge in [-0.1, -0.05) is 20.3 Å². The molecule has 136 valence electrons. The van der Waals surface area contributed by atoms with E-state index in [0.29, 0.717) is 5.92 Å². The molecule has 5 nitrogen and oxygen atoms in total. The van der Waals surface area contributed by atoms with Crippen LogP contribution in [-0.2, 0) is 6.42 Å². The van der Waals surface area contributed by atoms with E-state index in [1.807, 2.05) is 0 Å². The molecule has 0 aliphatic carbocycles. The zero-order valence-corrected chi connectivity index (χ0v) is 16.3. The first-order valence-corrected chi connectivity index (χ1v) is 10.3. The zero-order chi connectivity index (χ0) is 17.2. The van der Waals surface area contributed by atoms with Crippen molar-refractivity contribution in [3.8, 4) is 0 Å². The highest BCUT2D eigenvalue weighted by Crippen LogP contribution is 2.19. The molecule has 0 radical (unpaired) electrons. The Morgan fingerprint density at radius 2 is 2.08 bits per heavy atom. The van der Waals surface area contributed by atoms with Crippen LogP contribution in [0.4, 0.5) is 0 Å². The summed E-state index contributed by atoms with van der Waals surface area (Å²) >= 11 is 1.77. The van der Waals surface area contributed by atoms with Gasteiger partial charge in [-0.25, -0.2) is 4.98 Å². The van der Waals surface area contributed by atoms with Gasteiger partial charge in [0.25, 0.3) is 0 Å². The minimum absolute atomic E-state index is 0.519. The summed E-state index contributed by atoms with van der Waals surface area (Å²) in [7, 11) is 0. The van der Waals surface area contributed by atoms with Gasteiger partial charge in [-0.2, -0.15) is 0 Å². The van der Waals surface area contributed by atoms with Crippen LogP contribution in [0.1, 0.15) is 56.7 Å². The zero-order valence-electron chi connectivity index (χ0n) is 15.5. The summed E-state index contributed by atoms with van der Waals surface area (Å²) in [6, 6.07) is 0. The van der Waals surface area contributed by atoms with E-state index < -0.39 is 0 Å². The summed E-state index contributed by atoms with van der Waals surface area (Å²) in [5.74, 6) is 1.44. The average molecular weight is 352 g/mol. The summed E-state index contributed by atoms with van der Waals surface area (Å²) in [6.07, 6.45) is 5.01. The molecule has 1 fully saturated rings. The number of guanidine groups is 1. The Morgan fingerprint density at radius 3 is 2.75 bits per heavy atom. The van der Waals surface area contributed by atoms with Crippen LogP contribution in [0, 0.1) is 0 Å². The van der Waals surface area contributed by atoms with Gasteiger partial charge in [0, 0.05) is 37.4 Å². The first-order chi connectivity index (χ1) is 11.7. The van der Waals surface area contributed by atoms with E-state index in [2.05, 4.69) is 46.7 Å². The minimum Gasteiger partial charge on any atom is -0.357 e. The summed E-state index contributed by atoms with van der Waals surface area (Å²) in [5, 5.41) is 10.2. The Labute approximate surface area is 151 Å². The van der Waals surface area contributed by atoms with E-state index in [1.54, 1.807) is 11.3 Å². The van der Waals surface area contributed by atoms with Crippen LogP contribution in [0.2, 0.25) is 0 Å². The maximum Gasteiger partial charge on any atom is 0.191 e. The number of nitrogens with zero attached hydrogens (tertiary/aromatic N) is 3. The third-order valence-corrected chi connectivity index (χ3v) is 5.41. The van der Waals surface area contributed by atoms with Gasteiger partial charge in [-0.05, 0) is 32.9 Å². The molecule has 2 heterocycles. The Kier molecular flexibility index (Phi) is 8.53. The molecule has 0 saturated carbocycles. The van der Waals surface area contributed by atoms with Crippen molar-refractivity contribution in [3.05, 3.63) is 16.1 Å². The maximum atomic E-state index is 4.71. The van der Waals surface area contributed by atoms with Crippen molar-refractivity contribution >= 4 is 17.3 Å². The highest BCUT2D eigenvalue weighted by atomic mass is 32.1. The van der Waals surface area contributed by atoms with Crippen molar-refractivity contribution in [2.24, 2.45) is 4.99 Å². The predicted molar refractivity (Wildman–Crippen MR) is 104 cm³/mol. The van der Waals surface area contributed by atoms with E-state index in [1.165, 1.54) is 43.1 Å². The number of nitrogens with one attached hydrogen (secondary N) is 2. The molecule has 0 spiro atoms. The fourth-order valence-corrected chi connectivity index (χ4v) is 3.71. The molecule has 6 heteroatoms. The maximum absolute atomic E-state index is 4.71. The molecule has 1 aromatic rings. The number of thiazole rings is 1.